The zero-order chi connectivity index (χ0) is 23.7. The number of fused-ring (bicyclic) bond motifs is 1. The molecule has 34 heavy (non-hydrogen) atoms. The van der Waals surface area contributed by atoms with Crippen molar-refractivity contribution in [3.05, 3.63) is 87.0 Å². The Balaban J connectivity index is 1.64. The fraction of sp³-hybridized carbons (Fsp3) is 0.407. The lowest BCUT2D eigenvalue weighted by Crippen LogP contribution is -2.33. The minimum Gasteiger partial charge on any atom is -0.322 e. The Morgan fingerprint density at radius 2 is 1.85 bits per heavy atom. The summed E-state index contributed by atoms with van der Waals surface area (Å²) in [6.07, 6.45) is 5.76. The Morgan fingerprint density at radius 1 is 1.09 bits per heavy atom. The van der Waals surface area contributed by atoms with Crippen LogP contribution in [0.5, 0.6) is 0 Å². The lowest BCUT2D eigenvalue weighted by atomic mass is 9.95. The van der Waals surface area contributed by atoms with Gasteiger partial charge in [0.2, 0.25) is 0 Å². The number of tetrazole rings is 1. The molecule has 1 aliphatic carbocycles. The third kappa shape index (κ3) is 4.40. The SMILES string of the molecule is Cc1cc(C)c2cc([C@H](c3nnnn3C3CCCCC3)N(C)Cc3ccccc3)c(=O)[nH]c2c1. The van der Waals surface area contributed by atoms with Crippen LogP contribution in [0.15, 0.2) is 53.3 Å². The number of nitrogens with zero attached hydrogens (tertiary/aromatic N) is 5. The van der Waals surface area contributed by atoms with Gasteiger partial charge in [-0.05, 0) is 73.0 Å². The van der Waals surface area contributed by atoms with Crippen molar-refractivity contribution in [2.45, 2.75) is 64.6 Å². The van der Waals surface area contributed by atoms with E-state index in [0.717, 1.165) is 40.7 Å². The Hall–Kier alpha value is -3.32. The van der Waals surface area contributed by atoms with Crippen molar-refractivity contribution in [2.24, 2.45) is 0 Å². The van der Waals surface area contributed by atoms with Crippen molar-refractivity contribution < 1.29 is 0 Å². The van der Waals surface area contributed by atoms with Gasteiger partial charge in [-0.3, -0.25) is 9.69 Å². The first-order valence-electron chi connectivity index (χ1n) is 12.2. The highest BCUT2D eigenvalue weighted by atomic mass is 16.1. The first-order chi connectivity index (χ1) is 16.5. The molecule has 1 fully saturated rings. The fourth-order valence-corrected chi connectivity index (χ4v) is 5.39. The van der Waals surface area contributed by atoms with Crippen molar-refractivity contribution in [3.63, 3.8) is 0 Å². The zero-order valence-corrected chi connectivity index (χ0v) is 20.2. The van der Waals surface area contributed by atoms with Gasteiger partial charge in [-0.1, -0.05) is 55.7 Å². The van der Waals surface area contributed by atoms with E-state index in [1.165, 1.54) is 24.8 Å². The van der Waals surface area contributed by atoms with Crippen molar-refractivity contribution in [3.8, 4) is 0 Å². The van der Waals surface area contributed by atoms with Gasteiger partial charge in [0.1, 0.15) is 6.04 Å². The van der Waals surface area contributed by atoms with E-state index in [4.69, 9.17) is 0 Å². The monoisotopic (exact) mass is 456 g/mol. The Labute approximate surface area is 199 Å². The summed E-state index contributed by atoms with van der Waals surface area (Å²) in [5, 5.41) is 14.0. The fourth-order valence-electron chi connectivity index (χ4n) is 5.39. The van der Waals surface area contributed by atoms with Gasteiger partial charge in [0.15, 0.2) is 5.82 Å². The molecule has 0 unspecified atom stereocenters. The molecule has 0 amide bonds. The van der Waals surface area contributed by atoms with Gasteiger partial charge in [-0.25, -0.2) is 4.68 Å². The van der Waals surface area contributed by atoms with Crippen LogP contribution in [-0.2, 0) is 6.54 Å². The van der Waals surface area contributed by atoms with Gasteiger partial charge in [0.05, 0.1) is 6.04 Å². The zero-order valence-electron chi connectivity index (χ0n) is 20.2. The molecule has 2 heterocycles. The molecule has 2 aromatic heterocycles. The highest BCUT2D eigenvalue weighted by Crippen LogP contribution is 2.33. The molecular weight excluding hydrogens is 424 g/mol. The second-order valence-corrected chi connectivity index (χ2v) is 9.67. The molecule has 7 heteroatoms. The summed E-state index contributed by atoms with van der Waals surface area (Å²) < 4.78 is 1.98. The van der Waals surface area contributed by atoms with Crippen LogP contribution in [0.4, 0.5) is 0 Å². The summed E-state index contributed by atoms with van der Waals surface area (Å²) in [5.41, 5.74) is 4.89. The van der Waals surface area contributed by atoms with E-state index in [9.17, 15) is 4.79 Å². The average Bonchev–Trinajstić information content (AvgIpc) is 3.30. The number of aromatic nitrogens is 5. The molecule has 1 atom stereocenters. The lowest BCUT2D eigenvalue weighted by molar-refractivity contribution is 0.236. The number of H-pyrrole nitrogens is 1. The summed E-state index contributed by atoms with van der Waals surface area (Å²) in [7, 11) is 2.04. The number of hydrogen-bond acceptors (Lipinski definition) is 5. The first kappa shape index (κ1) is 22.5. The third-order valence-electron chi connectivity index (χ3n) is 7.03. The van der Waals surface area contributed by atoms with Crippen LogP contribution in [0.25, 0.3) is 10.9 Å². The summed E-state index contributed by atoms with van der Waals surface area (Å²) in [5.74, 6) is 0.736. The molecule has 1 N–H and O–H groups in total. The van der Waals surface area contributed by atoms with Crippen LogP contribution < -0.4 is 5.56 Å². The minimum absolute atomic E-state index is 0.0967. The predicted octanol–water partition coefficient (Wildman–Crippen LogP) is 4.86. The van der Waals surface area contributed by atoms with E-state index < -0.39 is 0 Å². The van der Waals surface area contributed by atoms with Crippen LogP contribution >= 0.6 is 0 Å². The summed E-state index contributed by atoms with van der Waals surface area (Å²) >= 11 is 0. The molecule has 176 valence electrons. The van der Waals surface area contributed by atoms with Gasteiger partial charge in [0.25, 0.3) is 5.56 Å². The van der Waals surface area contributed by atoms with Crippen molar-refractivity contribution >= 4 is 10.9 Å². The van der Waals surface area contributed by atoms with Gasteiger partial charge >= 0.3 is 0 Å². The maximum atomic E-state index is 13.5. The van der Waals surface area contributed by atoms with Crippen molar-refractivity contribution in [2.75, 3.05) is 7.05 Å². The number of aromatic amines is 1. The van der Waals surface area contributed by atoms with E-state index in [2.05, 4.69) is 50.5 Å². The Bertz CT molecular complexity index is 1340. The molecule has 2 aromatic carbocycles. The highest BCUT2D eigenvalue weighted by Gasteiger charge is 2.31. The largest absolute Gasteiger partial charge is 0.322 e. The minimum atomic E-state index is -0.369. The lowest BCUT2D eigenvalue weighted by Gasteiger charge is -2.30. The second kappa shape index (κ2) is 9.50. The van der Waals surface area contributed by atoms with Crippen LogP contribution in [0.1, 0.15) is 72.3 Å². The van der Waals surface area contributed by atoms with Crippen LogP contribution in [0.2, 0.25) is 0 Å². The van der Waals surface area contributed by atoms with E-state index >= 15 is 0 Å². The number of benzene rings is 2. The molecule has 1 aliphatic rings. The predicted molar refractivity (Wildman–Crippen MR) is 134 cm³/mol. The van der Waals surface area contributed by atoms with Crippen LogP contribution in [-0.4, -0.2) is 37.1 Å². The smallest absolute Gasteiger partial charge is 0.253 e. The number of rotatable bonds is 6. The maximum Gasteiger partial charge on any atom is 0.253 e. The Morgan fingerprint density at radius 3 is 2.62 bits per heavy atom. The highest BCUT2D eigenvalue weighted by molar-refractivity contribution is 5.83. The summed E-state index contributed by atoms with van der Waals surface area (Å²) in [6, 6.07) is 16.4. The van der Waals surface area contributed by atoms with Gasteiger partial charge in [-0.15, -0.1) is 5.10 Å². The van der Waals surface area contributed by atoms with E-state index in [-0.39, 0.29) is 17.6 Å². The van der Waals surface area contributed by atoms with Crippen LogP contribution in [0, 0.1) is 13.8 Å². The molecule has 4 aromatic rings. The summed E-state index contributed by atoms with van der Waals surface area (Å²) in [4.78, 5) is 18.8. The average molecular weight is 457 g/mol. The molecule has 1 saturated carbocycles. The van der Waals surface area contributed by atoms with Crippen LogP contribution in [0.3, 0.4) is 0 Å². The van der Waals surface area contributed by atoms with E-state index in [0.29, 0.717) is 12.1 Å². The van der Waals surface area contributed by atoms with Crippen molar-refractivity contribution in [1.82, 2.24) is 30.1 Å². The molecule has 0 bridgehead atoms. The molecule has 5 rings (SSSR count). The van der Waals surface area contributed by atoms with E-state index in [1.807, 2.05) is 49.0 Å². The quantitative estimate of drug-likeness (QED) is 0.448. The molecular formula is C27H32N6O. The number of aryl methyl sites for hydroxylation is 2. The second-order valence-electron chi connectivity index (χ2n) is 9.67. The number of pyridine rings is 1. The molecule has 7 nitrogen and oxygen atoms in total. The summed E-state index contributed by atoms with van der Waals surface area (Å²) in [6.45, 7) is 4.81. The van der Waals surface area contributed by atoms with Gasteiger partial charge < -0.3 is 4.98 Å². The van der Waals surface area contributed by atoms with Gasteiger partial charge in [0, 0.05) is 23.0 Å². The Kier molecular flexibility index (Phi) is 6.28. The molecule has 0 radical (unpaired) electrons. The first-order valence-corrected chi connectivity index (χ1v) is 12.2. The standard InChI is InChI=1S/C27H32N6O/c1-18-14-19(2)22-16-23(27(34)28-24(22)15-18)25(32(3)17-20-10-6-4-7-11-20)26-29-30-31-33(26)21-12-8-5-9-13-21/h4,6-7,10-11,14-16,21,25H,5,8-9,12-13,17H2,1-3H3,(H,28,34)/t25-/m1/s1. The van der Waals surface area contributed by atoms with E-state index in [1.54, 1.807) is 0 Å². The molecule has 0 spiro atoms. The maximum absolute atomic E-state index is 13.5. The van der Waals surface area contributed by atoms with Gasteiger partial charge in [-0.2, -0.15) is 0 Å². The topological polar surface area (TPSA) is 79.7 Å². The molecule has 0 aliphatic heterocycles. The third-order valence-corrected chi connectivity index (χ3v) is 7.03. The van der Waals surface area contributed by atoms with Crippen molar-refractivity contribution in [1.29, 1.82) is 0 Å². The number of nitrogens with one attached hydrogen (secondary N) is 1. The molecule has 0 saturated heterocycles. The normalized spacial score (nSPS) is 15.8. The number of hydrogen-bond donors (Lipinski definition) is 1.